The number of carbonyl (C=O) groups excluding carboxylic acids is 1. The van der Waals surface area contributed by atoms with Crippen LogP contribution in [0, 0.1) is 0 Å². The first-order valence-electron chi connectivity index (χ1n) is 8.28. The summed E-state index contributed by atoms with van der Waals surface area (Å²) in [5.74, 6) is 0.849. The van der Waals surface area contributed by atoms with Crippen LogP contribution >= 0.6 is 23.2 Å². The second-order valence-electron chi connectivity index (χ2n) is 6.55. The van der Waals surface area contributed by atoms with E-state index in [1.165, 1.54) is 21.3 Å². The third kappa shape index (κ3) is 4.42. The predicted molar refractivity (Wildman–Crippen MR) is 108 cm³/mol. The summed E-state index contributed by atoms with van der Waals surface area (Å²) >= 11 is 12.6. The Bertz CT molecular complexity index is 817. The lowest BCUT2D eigenvalue weighted by Gasteiger charge is -2.28. The summed E-state index contributed by atoms with van der Waals surface area (Å²) < 4.78 is 16.0. The van der Waals surface area contributed by atoms with Crippen molar-refractivity contribution >= 4 is 29.1 Å². The maximum atomic E-state index is 12.8. The summed E-state index contributed by atoms with van der Waals surface area (Å²) in [6.45, 7) is 4.26. The minimum absolute atomic E-state index is 0.302. The molecule has 0 radical (unpaired) electrons. The van der Waals surface area contributed by atoms with Gasteiger partial charge in [0.05, 0.1) is 26.9 Å². The molecule has 0 fully saturated rings. The highest BCUT2D eigenvalue weighted by Gasteiger charge is 2.28. The Labute approximate surface area is 169 Å². The van der Waals surface area contributed by atoms with Crippen LogP contribution in [0.2, 0.25) is 10.0 Å². The minimum atomic E-state index is -0.477. The van der Waals surface area contributed by atoms with E-state index in [1.807, 2.05) is 13.8 Å². The van der Waals surface area contributed by atoms with E-state index in [-0.39, 0.29) is 5.91 Å². The number of carbonyl (C=O) groups is 1. The van der Waals surface area contributed by atoms with E-state index in [0.717, 1.165) is 5.56 Å². The van der Waals surface area contributed by atoms with E-state index in [4.69, 9.17) is 37.4 Å². The van der Waals surface area contributed by atoms with Crippen LogP contribution in [0.1, 0.15) is 29.8 Å². The molecule has 2 aromatic carbocycles. The van der Waals surface area contributed by atoms with Crippen molar-refractivity contribution in [1.29, 1.82) is 0 Å². The van der Waals surface area contributed by atoms with Crippen LogP contribution < -0.4 is 19.5 Å². The maximum absolute atomic E-state index is 12.8. The Balaban J connectivity index is 2.28. The number of benzene rings is 2. The molecule has 0 aliphatic heterocycles. The van der Waals surface area contributed by atoms with Crippen molar-refractivity contribution in [3.05, 3.63) is 51.5 Å². The van der Waals surface area contributed by atoms with Crippen molar-refractivity contribution in [2.24, 2.45) is 0 Å². The number of hydrogen-bond acceptors (Lipinski definition) is 4. The van der Waals surface area contributed by atoms with Crippen LogP contribution in [0.15, 0.2) is 30.3 Å². The zero-order valence-corrected chi connectivity index (χ0v) is 17.5. The Morgan fingerprint density at radius 2 is 1.56 bits per heavy atom. The van der Waals surface area contributed by atoms with Crippen molar-refractivity contribution in [1.82, 2.24) is 5.32 Å². The van der Waals surface area contributed by atoms with Crippen molar-refractivity contribution in [2.45, 2.75) is 19.3 Å². The van der Waals surface area contributed by atoms with Crippen LogP contribution in [0.25, 0.3) is 0 Å². The topological polar surface area (TPSA) is 56.8 Å². The van der Waals surface area contributed by atoms with Crippen molar-refractivity contribution in [3.8, 4) is 17.2 Å². The molecular weight excluding hydrogens is 389 g/mol. The van der Waals surface area contributed by atoms with E-state index in [0.29, 0.717) is 39.4 Å². The first kappa shape index (κ1) is 21.2. The fourth-order valence-electron chi connectivity index (χ4n) is 2.91. The SMILES string of the molecule is COc1ccc(C(=O)NCC(C)(C)c2c(Cl)cccc2Cl)c(OC)c1OC. The standard InChI is InChI=1S/C20H23Cl2NO4/c1-20(2,16-13(21)7-6-8-14(16)22)11-23-19(24)12-9-10-15(25-3)18(27-5)17(12)26-4/h6-10H,11H2,1-5H3,(H,23,24). The quantitative estimate of drug-likeness (QED) is 0.715. The molecule has 146 valence electrons. The Morgan fingerprint density at radius 3 is 2.07 bits per heavy atom. The van der Waals surface area contributed by atoms with Crippen LogP contribution in [0.5, 0.6) is 17.2 Å². The first-order valence-corrected chi connectivity index (χ1v) is 9.04. The van der Waals surface area contributed by atoms with Gasteiger partial charge in [-0.3, -0.25) is 4.79 Å². The highest BCUT2D eigenvalue weighted by Crippen LogP contribution is 2.40. The van der Waals surface area contributed by atoms with E-state index in [1.54, 1.807) is 30.3 Å². The monoisotopic (exact) mass is 411 g/mol. The molecule has 2 aromatic rings. The zero-order valence-electron chi connectivity index (χ0n) is 16.0. The lowest BCUT2D eigenvalue weighted by atomic mass is 9.84. The second kappa shape index (κ2) is 8.72. The molecule has 0 heterocycles. The van der Waals surface area contributed by atoms with Gasteiger partial charge >= 0.3 is 0 Å². The van der Waals surface area contributed by atoms with Gasteiger partial charge in [0.2, 0.25) is 5.75 Å². The third-order valence-electron chi connectivity index (χ3n) is 4.28. The zero-order chi connectivity index (χ0) is 20.2. The minimum Gasteiger partial charge on any atom is -0.493 e. The van der Waals surface area contributed by atoms with Crippen LogP contribution in [0.3, 0.4) is 0 Å². The molecule has 1 N–H and O–H groups in total. The largest absolute Gasteiger partial charge is 0.493 e. The van der Waals surface area contributed by atoms with Crippen molar-refractivity contribution in [2.75, 3.05) is 27.9 Å². The maximum Gasteiger partial charge on any atom is 0.255 e. The van der Waals surface area contributed by atoms with Crippen molar-refractivity contribution < 1.29 is 19.0 Å². The van der Waals surface area contributed by atoms with E-state index >= 15 is 0 Å². The second-order valence-corrected chi connectivity index (χ2v) is 7.36. The van der Waals surface area contributed by atoms with E-state index in [9.17, 15) is 4.79 Å². The van der Waals surface area contributed by atoms with Gasteiger partial charge < -0.3 is 19.5 Å². The summed E-state index contributed by atoms with van der Waals surface area (Å²) in [5.41, 5.74) is 0.652. The number of methoxy groups -OCH3 is 3. The van der Waals surface area contributed by atoms with Gasteiger partial charge in [-0.15, -0.1) is 0 Å². The number of nitrogens with one attached hydrogen (secondary N) is 1. The molecule has 0 saturated heterocycles. The van der Waals surface area contributed by atoms with Gasteiger partial charge in [0.1, 0.15) is 0 Å². The molecule has 0 spiro atoms. The van der Waals surface area contributed by atoms with Crippen LogP contribution in [-0.4, -0.2) is 33.8 Å². The van der Waals surface area contributed by atoms with Crippen LogP contribution in [0.4, 0.5) is 0 Å². The summed E-state index contributed by atoms with van der Waals surface area (Å²) in [6, 6.07) is 8.64. The Kier molecular flexibility index (Phi) is 6.84. The fourth-order valence-corrected chi connectivity index (χ4v) is 3.82. The number of ether oxygens (including phenoxy) is 3. The molecule has 7 heteroatoms. The summed E-state index contributed by atoms with van der Waals surface area (Å²) in [7, 11) is 4.49. The fraction of sp³-hybridized carbons (Fsp3) is 0.350. The van der Waals surface area contributed by atoms with Gasteiger partial charge in [0, 0.05) is 22.0 Å². The normalized spacial score (nSPS) is 11.1. The molecule has 5 nitrogen and oxygen atoms in total. The molecule has 2 rings (SSSR count). The number of halogens is 2. The molecule has 0 aliphatic carbocycles. The third-order valence-corrected chi connectivity index (χ3v) is 4.91. The number of amides is 1. The van der Waals surface area contributed by atoms with Gasteiger partial charge in [-0.05, 0) is 29.8 Å². The molecule has 1 amide bonds. The van der Waals surface area contributed by atoms with E-state index in [2.05, 4.69) is 5.32 Å². The molecule has 0 aromatic heterocycles. The molecular formula is C20H23Cl2NO4. The average Bonchev–Trinajstić information content (AvgIpc) is 2.64. The number of hydrogen-bond donors (Lipinski definition) is 1. The summed E-state index contributed by atoms with van der Waals surface area (Å²) in [4.78, 5) is 12.8. The van der Waals surface area contributed by atoms with Crippen molar-refractivity contribution in [3.63, 3.8) is 0 Å². The van der Waals surface area contributed by atoms with Crippen LogP contribution in [-0.2, 0) is 5.41 Å². The molecule has 0 unspecified atom stereocenters. The highest BCUT2D eigenvalue weighted by atomic mass is 35.5. The Morgan fingerprint density at radius 1 is 0.963 bits per heavy atom. The molecule has 0 bridgehead atoms. The highest BCUT2D eigenvalue weighted by molar-refractivity contribution is 6.36. The van der Waals surface area contributed by atoms with Gasteiger partial charge in [-0.1, -0.05) is 43.1 Å². The van der Waals surface area contributed by atoms with Gasteiger partial charge in [-0.25, -0.2) is 0 Å². The predicted octanol–water partition coefficient (Wildman–Crippen LogP) is 4.73. The molecule has 0 aliphatic rings. The van der Waals surface area contributed by atoms with Gasteiger partial charge in [-0.2, -0.15) is 0 Å². The average molecular weight is 412 g/mol. The van der Waals surface area contributed by atoms with Gasteiger partial charge in [0.25, 0.3) is 5.91 Å². The molecule has 27 heavy (non-hydrogen) atoms. The smallest absolute Gasteiger partial charge is 0.255 e. The molecule has 0 saturated carbocycles. The molecule has 0 atom stereocenters. The Hall–Kier alpha value is -2.11. The lowest BCUT2D eigenvalue weighted by molar-refractivity contribution is 0.0942. The number of rotatable bonds is 7. The lowest BCUT2D eigenvalue weighted by Crippen LogP contribution is -2.37. The van der Waals surface area contributed by atoms with E-state index < -0.39 is 5.41 Å². The van der Waals surface area contributed by atoms with Gasteiger partial charge in [0.15, 0.2) is 11.5 Å². The summed E-state index contributed by atoms with van der Waals surface area (Å²) in [6.07, 6.45) is 0. The summed E-state index contributed by atoms with van der Waals surface area (Å²) in [5, 5.41) is 4.04. The first-order chi connectivity index (χ1) is 12.8.